The molecule has 0 aliphatic carbocycles. The van der Waals surface area contributed by atoms with E-state index in [0.717, 1.165) is 6.07 Å². The Morgan fingerprint density at radius 1 is 1.25 bits per heavy atom. The van der Waals surface area contributed by atoms with Gasteiger partial charge in [-0.1, -0.05) is 22.0 Å². The molecule has 0 aliphatic heterocycles. The Bertz CT molecular complexity index is 454. The van der Waals surface area contributed by atoms with E-state index < -0.39 is 29.1 Å². The maximum Gasteiger partial charge on any atom is 0.417 e. The zero-order valence-electron chi connectivity index (χ0n) is 7.51. The molecule has 0 fully saturated rings. The Labute approximate surface area is 96.0 Å². The Hall–Kier alpha value is -1.37. The molecule has 1 aromatic carbocycles. The fourth-order valence-electron chi connectivity index (χ4n) is 1.10. The predicted molar refractivity (Wildman–Crippen MR) is 51.1 cm³/mol. The number of rotatable bonds is 2. The number of hydrogen-bond donors (Lipinski definition) is 1. The number of hydrogen-bond acceptors (Lipinski definition) is 2. The van der Waals surface area contributed by atoms with Crippen molar-refractivity contribution in [3.05, 3.63) is 33.8 Å². The van der Waals surface area contributed by atoms with E-state index in [0.29, 0.717) is 6.07 Å². The molecule has 16 heavy (non-hydrogen) atoms. The summed E-state index contributed by atoms with van der Waals surface area (Å²) in [6.07, 6.45) is -4.77. The maximum absolute atomic E-state index is 12.5. The van der Waals surface area contributed by atoms with Gasteiger partial charge in [-0.15, -0.1) is 0 Å². The van der Waals surface area contributed by atoms with Gasteiger partial charge in [-0.05, 0) is 12.1 Å². The van der Waals surface area contributed by atoms with Crippen molar-refractivity contribution in [2.75, 3.05) is 0 Å². The van der Waals surface area contributed by atoms with Gasteiger partial charge < -0.3 is 5.11 Å². The second-order valence-corrected chi connectivity index (χ2v) is 3.65. The molecule has 0 aliphatic rings. The number of benzene rings is 1. The summed E-state index contributed by atoms with van der Waals surface area (Å²) in [4.78, 5) is 21.5. The number of ketones is 1. The lowest BCUT2D eigenvalue weighted by atomic mass is 10.0. The van der Waals surface area contributed by atoms with Crippen LogP contribution >= 0.6 is 15.9 Å². The number of carboxylic acids is 1. The Balaban J connectivity index is 3.47. The van der Waals surface area contributed by atoms with Crippen LogP contribution in [0.3, 0.4) is 0 Å². The van der Waals surface area contributed by atoms with Crippen molar-refractivity contribution in [3.8, 4) is 0 Å². The van der Waals surface area contributed by atoms with Gasteiger partial charge in [-0.2, -0.15) is 13.2 Å². The summed E-state index contributed by atoms with van der Waals surface area (Å²) in [6, 6.07) is 2.90. The van der Waals surface area contributed by atoms with Crippen molar-refractivity contribution >= 4 is 27.7 Å². The van der Waals surface area contributed by atoms with Crippen LogP contribution in [-0.2, 0) is 11.0 Å². The van der Waals surface area contributed by atoms with Gasteiger partial charge in [0.2, 0.25) is 0 Å². The van der Waals surface area contributed by atoms with E-state index in [1.807, 2.05) is 0 Å². The number of alkyl halides is 3. The van der Waals surface area contributed by atoms with Crippen molar-refractivity contribution in [3.63, 3.8) is 0 Å². The molecule has 1 N–H and O–H groups in total. The number of carboxylic acid groups (broad SMARTS) is 1. The molecule has 0 saturated heterocycles. The van der Waals surface area contributed by atoms with Crippen molar-refractivity contribution in [1.29, 1.82) is 0 Å². The Kier molecular flexibility index (Phi) is 3.37. The molecule has 1 aromatic rings. The number of Topliss-reactive ketones (excluding diaryl/α,β-unsaturated/α-hetero) is 1. The van der Waals surface area contributed by atoms with Gasteiger partial charge in [0, 0.05) is 4.47 Å². The van der Waals surface area contributed by atoms with Gasteiger partial charge in [0.25, 0.3) is 5.78 Å². The van der Waals surface area contributed by atoms with Crippen LogP contribution in [0.5, 0.6) is 0 Å². The summed E-state index contributed by atoms with van der Waals surface area (Å²) in [5.74, 6) is -3.53. The molecule has 86 valence electrons. The fraction of sp³-hybridized carbons (Fsp3) is 0.111. The zero-order chi connectivity index (χ0) is 12.5. The van der Waals surface area contributed by atoms with E-state index in [4.69, 9.17) is 5.11 Å². The van der Waals surface area contributed by atoms with Crippen LogP contribution in [0.4, 0.5) is 13.2 Å². The van der Waals surface area contributed by atoms with Gasteiger partial charge in [-0.25, -0.2) is 4.79 Å². The average Bonchev–Trinajstić information content (AvgIpc) is 2.14. The number of halogens is 4. The highest BCUT2D eigenvalue weighted by molar-refractivity contribution is 9.10. The van der Waals surface area contributed by atoms with Gasteiger partial charge in [-0.3, -0.25) is 4.79 Å². The second kappa shape index (κ2) is 4.25. The van der Waals surface area contributed by atoms with Gasteiger partial charge >= 0.3 is 12.1 Å². The lowest BCUT2D eigenvalue weighted by Crippen LogP contribution is -2.19. The second-order valence-electron chi connectivity index (χ2n) is 2.79. The van der Waals surface area contributed by atoms with E-state index in [1.54, 1.807) is 0 Å². The molecule has 0 heterocycles. The maximum atomic E-state index is 12.5. The van der Waals surface area contributed by atoms with E-state index >= 15 is 0 Å². The monoisotopic (exact) mass is 296 g/mol. The van der Waals surface area contributed by atoms with Gasteiger partial charge in [0.15, 0.2) is 0 Å². The smallest absolute Gasteiger partial charge is 0.417 e. The molecule has 0 radical (unpaired) electrons. The molecule has 0 aromatic heterocycles. The van der Waals surface area contributed by atoms with Crippen LogP contribution in [0.15, 0.2) is 22.7 Å². The lowest BCUT2D eigenvalue weighted by Gasteiger charge is -2.11. The molecule has 0 amide bonds. The van der Waals surface area contributed by atoms with E-state index in [2.05, 4.69) is 15.9 Å². The van der Waals surface area contributed by atoms with Crippen molar-refractivity contribution in [2.45, 2.75) is 6.18 Å². The van der Waals surface area contributed by atoms with E-state index in [-0.39, 0.29) is 4.47 Å². The summed E-state index contributed by atoms with van der Waals surface area (Å²) < 4.78 is 37.3. The first-order valence-electron chi connectivity index (χ1n) is 3.88. The topological polar surface area (TPSA) is 54.4 Å². The third-order valence-electron chi connectivity index (χ3n) is 1.74. The highest BCUT2D eigenvalue weighted by Gasteiger charge is 2.37. The molecule has 0 bridgehead atoms. The molecule has 7 heteroatoms. The van der Waals surface area contributed by atoms with Crippen LogP contribution in [0.1, 0.15) is 15.9 Å². The first-order chi connectivity index (χ1) is 7.25. The Morgan fingerprint density at radius 3 is 2.25 bits per heavy atom. The number of carbonyl (C=O) groups excluding carboxylic acids is 1. The summed E-state index contributed by atoms with van der Waals surface area (Å²) in [5.41, 5.74) is -2.16. The van der Waals surface area contributed by atoms with Crippen LogP contribution in [-0.4, -0.2) is 16.9 Å². The third kappa shape index (κ3) is 2.41. The minimum absolute atomic E-state index is 0.199. The molecule has 0 spiro atoms. The number of aliphatic carboxylic acids is 1. The first-order valence-corrected chi connectivity index (χ1v) is 4.67. The summed E-state index contributed by atoms with van der Waals surface area (Å²) in [7, 11) is 0. The molecule has 0 atom stereocenters. The minimum Gasteiger partial charge on any atom is -0.475 e. The largest absolute Gasteiger partial charge is 0.475 e. The standard InChI is InChI=1S/C9H4BrF3O3/c10-5-3-1-2-4(9(11,12)13)6(5)7(14)8(15)16/h1-3H,(H,15,16). The van der Waals surface area contributed by atoms with Crippen molar-refractivity contribution in [1.82, 2.24) is 0 Å². The van der Waals surface area contributed by atoms with Gasteiger partial charge in [0.1, 0.15) is 0 Å². The van der Waals surface area contributed by atoms with E-state index in [1.165, 1.54) is 6.07 Å². The van der Waals surface area contributed by atoms with E-state index in [9.17, 15) is 22.8 Å². The van der Waals surface area contributed by atoms with Crippen LogP contribution < -0.4 is 0 Å². The highest BCUT2D eigenvalue weighted by atomic mass is 79.9. The van der Waals surface area contributed by atoms with Crippen molar-refractivity contribution < 1.29 is 27.9 Å². The van der Waals surface area contributed by atoms with Crippen LogP contribution in [0.2, 0.25) is 0 Å². The lowest BCUT2D eigenvalue weighted by molar-refractivity contribution is -0.138. The zero-order valence-corrected chi connectivity index (χ0v) is 9.09. The normalized spacial score (nSPS) is 11.2. The molecule has 0 unspecified atom stereocenters. The predicted octanol–water partition coefficient (Wildman–Crippen LogP) is 2.74. The first kappa shape index (κ1) is 12.7. The van der Waals surface area contributed by atoms with Crippen LogP contribution in [0.25, 0.3) is 0 Å². The highest BCUT2D eigenvalue weighted by Crippen LogP contribution is 2.35. The molecule has 1 rings (SSSR count). The quantitative estimate of drug-likeness (QED) is 0.674. The third-order valence-corrected chi connectivity index (χ3v) is 2.40. The SMILES string of the molecule is O=C(O)C(=O)c1c(Br)cccc1C(F)(F)F. The fourth-order valence-corrected chi connectivity index (χ4v) is 1.64. The summed E-state index contributed by atoms with van der Waals surface area (Å²) in [5, 5.41) is 8.41. The molecule has 0 saturated carbocycles. The molecular weight excluding hydrogens is 293 g/mol. The van der Waals surface area contributed by atoms with Gasteiger partial charge in [0.05, 0.1) is 11.1 Å². The summed E-state index contributed by atoms with van der Waals surface area (Å²) in [6.45, 7) is 0. The molecular formula is C9H4BrF3O3. The Morgan fingerprint density at radius 2 is 1.81 bits per heavy atom. The summed E-state index contributed by atoms with van der Waals surface area (Å²) >= 11 is 2.72. The number of carbonyl (C=O) groups is 2. The minimum atomic E-state index is -4.77. The van der Waals surface area contributed by atoms with Crippen molar-refractivity contribution in [2.24, 2.45) is 0 Å². The average molecular weight is 297 g/mol. The molecule has 3 nitrogen and oxygen atoms in total. The van der Waals surface area contributed by atoms with Crippen LogP contribution in [0, 0.1) is 0 Å².